The monoisotopic (exact) mass is 346 g/mol. The van der Waals surface area contributed by atoms with E-state index in [4.69, 9.17) is 18.9 Å². The Bertz CT molecular complexity index is 863. The first kappa shape index (κ1) is 16.6. The van der Waals surface area contributed by atoms with Gasteiger partial charge in [-0.3, -0.25) is 9.59 Å². The van der Waals surface area contributed by atoms with Crippen molar-refractivity contribution in [3.8, 4) is 11.5 Å². The van der Waals surface area contributed by atoms with Crippen LogP contribution in [-0.4, -0.2) is 42.5 Å². The molecule has 1 aromatic rings. The van der Waals surface area contributed by atoms with Crippen LogP contribution in [0.15, 0.2) is 41.6 Å². The van der Waals surface area contributed by atoms with Gasteiger partial charge in [0.1, 0.15) is 28.9 Å². The fourth-order valence-corrected chi connectivity index (χ4v) is 2.79. The highest BCUT2D eigenvalue weighted by molar-refractivity contribution is 6.29. The van der Waals surface area contributed by atoms with E-state index in [1.807, 2.05) is 0 Å². The van der Waals surface area contributed by atoms with Crippen molar-refractivity contribution in [2.75, 3.05) is 14.2 Å². The number of esters is 1. The van der Waals surface area contributed by atoms with Gasteiger partial charge in [-0.05, 0) is 19.1 Å². The molecule has 0 unspecified atom stereocenters. The zero-order valence-corrected chi connectivity index (χ0v) is 13.6. The molecule has 25 heavy (non-hydrogen) atoms. The third-order valence-electron chi connectivity index (χ3n) is 3.96. The van der Waals surface area contributed by atoms with E-state index in [-0.39, 0.29) is 22.6 Å². The number of ether oxygens (including phenoxy) is 4. The number of rotatable bonds is 2. The first-order valence-corrected chi connectivity index (χ1v) is 7.19. The SMILES string of the molecule is COC(=O)[C@]12Oc3cccc(O)c3C(=O)C1=C(OC)OC=C(C)C2=O. The Kier molecular flexibility index (Phi) is 3.75. The van der Waals surface area contributed by atoms with Crippen molar-refractivity contribution in [2.24, 2.45) is 0 Å². The molecular weight excluding hydrogens is 332 g/mol. The summed E-state index contributed by atoms with van der Waals surface area (Å²) in [6, 6.07) is 4.05. The zero-order valence-electron chi connectivity index (χ0n) is 13.6. The van der Waals surface area contributed by atoms with E-state index >= 15 is 0 Å². The van der Waals surface area contributed by atoms with Gasteiger partial charge in [-0.1, -0.05) is 6.07 Å². The zero-order chi connectivity index (χ0) is 18.4. The lowest BCUT2D eigenvalue weighted by molar-refractivity contribution is -0.160. The van der Waals surface area contributed by atoms with Crippen LogP contribution in [0.3, 0.4) is 0 Å². The summed E-state index contributed by atoms with van der Waals surface area (Å²) in [7, 11) is 2.27. The minimum absolute atomic E-state index is 0.0198. The van der Waals surface area contributed by atoms with Crippen molar-refractivity contribution < 1.29 is 38.4 Å². The minimum atomic E-state index is -2.42. The summed E-state index contributed by atoms with van der Waals surface area (Å²) in [5.41, 5.74) is -3.10. The Morgan fingerprint density at radius 2 is 1.96 bits per heavy atom. The fraction of sp³-hybridized carbons (Fsp3) is 0.235. The maximum absolute atomic E-state index is 13.0. The van der Waals surface area contributed by atoms with Gasteiger partial charge in [0.2, 0.25) is 11.6 Å². The Balaban J connectivity index is 2.42. The van der Waals surface area contributed by atoms with Crippen molar-refractivity contribution in [1.29, 1.82) is 0 Å². The van der Waals surface area contributed by atoms with Crippen LogP contribution in [0, 0.1) is 0 Å². The molecule has 0 fully saturated rings. The standard InChI is InChI=1S/C17H14O8/c1-8-7-24-15(22-2)12-13(19)11-9(18)5-4-6-10(11)25-17(12,14(8)20)16(21)23-3/h4-7,18H,1-3H3/t17-/m0/s1. The molecule has 0 saturated carbocycles. The Labute approximate surface area is 142 Å². The lowest BCUT2D eigenvalue weighted by atomic mass is 9.79. The van der Waals surface area contributed by atoms with Gasteiger partial charge in [0.05, 0.1) is 14.2 Å². The Morgan fingerprint density at radius 1 is 1.24 bits per heavy atom. The molecule has 0 bridgehead atoms. The Hall–Kier alpha value is -3.29. The summed E-state index contributed by atoms with van der Waals surface area (Å²) in [6.45, 7) is 1.40. The third-order valence-corrected chi connectivity index (χ3v) is 3.96. The number of Topliss-reactive ketones (excluding diaryl/α,β-unsaturated/α-hetero) is 2. The number of aromatic hydroxyl groups is 1. The van der Waals surface area contributed by atoms with Crippen LogP contribution < -0.4 is 4.74 Å². The van der Waals surface area contributed by atoms with Gasteiger partial charge in [0, 0.05) is 5.57 Å². The fourth-order valence-electron chi connectivity index (χ4n) is 2.79. The van der Waals surface area contributed by atoms with E-state index in [1.54, 1.807) is 0 Å². The Morgan fingerprint density at radius 3 is 2.60 bits per heavy atom. The highest BCUT2D eigenvalue weighted by atomic mass is 16.7. The number of fused-ring (bicyclic) bond motifs is 2. The smallest absolute Gasteiger partial charge is 0.363 e. The van der Waals surface area contributed by atoms with E-state index in [1.165, 1.54) is 32.2 Å². The number of ketones is 2. The largest absolute Gasteiger partial charge is 0.507 e. The van der Waals surface area contributed by atoms with Crippen LogP contribution in [0.4, 0.5) is 0 Å². The molecule has 8 nitrogen and oxygen atoms in total. The van der Waals surface area contributed by atoms with Gasteiger partial charge in [0.25, 0.3) is 5.95 Å². The van der Waals surface area contributed by atoms with Gasteiger partial charge >= 0.3 is 11.6 Å². The number of hydrogen-bond acceptors (Lipinski definition) is 8. The molecular formula is C17H14O8. The molecule has 8 heteroatoms. The molecule has 0 aromatic heterocycles. The average Bonchev–Trinajstić information content (AvgIpc) is 2.71. The summed E-state index contributed by atoms with van der Waals surface area (Å²) in [4.78, 5) is 38.5. The number of phenolic OH excluding ortho intramolecular Hbond substituents is 1. The highest BCUT2D eigenvalue weighted by Gasteiger charge is 2.62. The predicted molar refractivity (Wildman–Crippen MR) is 81.7 cm³/mol. The molecule has 1 aromatic carbocycles. The van der Waals surface area contributed by atoms with Crippen LogP contribution in [0.25, 0.3) is 0 Å². The molecule has 3 rings (SSSR count). The molecule has 2 aliphatic heterocycles. The van der Waals surface area contributed by atoms with Crippen LogP contribution in [0.5, 0.6) is 11.5 Å². The molecule has 2 heterocycles. The highest BCUT2D eigenvalue weighted by Crippen LogP contribution is 2.45. The number of carbonyl (C=O) groups excluding carboxylic acids is 3. The van der Waals surface area contributed by atoms with Crippen molar-refractivity contribution >= 4 is 17.5 Å². The summed E-state index contributed by atoms with van der Waals surface area (Å²) in [5.74, 6) is -3.66. The van der Waals surface area contributed by atoms with E-state index in [2.05, 4.69) is 0 Å². The molecule has 1 atom stereocenters. The van der Waals surface area contributed by atoms with Crippen LogP contribution in [-0.2, 0) is 23.8 Å². The molecule has 1 N–H and O–H groups in total. The van der Waals surface area contributed by atoms with Gasteiger partial charge < -0.3 is 24.1 Å². The minimum Gasteiger partial charge on any atom is -0.507 e. The maximum atomic E-state index is 13.0. The van der Waals surface area contributed by atoms with Crippen molar-refractivity contribution in [1.82, 2.24) is 0 Å². The van der Waals surface area contributed by atoms with Crippen LogP contribution in [0.2, 0.25) is 0 Å². The van der Waals surface area contributed by atoms with E-state index in [0.29, 0.717) is 0 Å². The average molecular weight is 346 g/mol. The molecule has 130 valence electrons. The summed E-state index contributed by atoms with van der Waals surface area (Å²) in [5, 5.41) is 10.0. The number of carbonyl (C=O) groups is 3. The summed E-state index contributed by atoms with van der Waals surface area (Å²) < 4.78 is 20.7. The lowest BCUT2D eigenvalue weighted by Crippen LogP contribution is -2.58. The van der Waals surface area contributed by atoms with Crippen molar-refractivity contribution in [2.45, 2.75) is 12.5 Å². The summed E-state index contributed by atoms with van der Waals surface area (Å²) >= 11 is 0. The van der Waals surface area contributed by atoms with Crippen LogP contribution >= 0.6 is 0 Å². The molecule has 0 radical (unpaired) electrons. The normalized spacial score (nSPS) is 22.0. The molecule has 2 aliphatic rings. The van der Waals surface area contributed by atoms with E-state index in [0.717, 1.165) is 13.4 Å². The molecule has 0 saturated heterocycles. The number of benzene rings is 1. The second-order valence-electron chi connectivity index (χ2n) is 5.37. The first-order chi connectivity index (χ1) is 11.9. The van der Waals surface area contributed by atoms with Gasteiger partial charge in [-0.2, -0.15) is 0 Å². The second kappa shape index (κ2) is 5.66. The topological polar surface area (TPSA) is 108 Å². The van der Waals surface area contributed by atoms with E-state index in [9.17, 15) is 19.5 Å². The third kappa shape index (κ3) is 2.10. The number of phenols is 1. The predicted octanol–water partition coefficient (Wildman–Crippen LogP) is 1.24. The number of methoxy groups -OCH3 is 2. The molecule has 0 amide bonds. The second-order valence-corrected chi connectivity index (χ2v) is 5.37. The van der Waals surface area contributed by atoms with Gasteiger partial charge in [-0.15, -0.1) is 0 Å². The number of hydrogen-bond donors (Lipinski definition) is 1. The maximum Gasteiger partial charge on any atom is 0.363 e. The van der Waals surface area contributed by atoms with Crippen LogP contribution in [0.1, 0.15) is 17.3 Å². The quantitative estimate of drug-likeness (QED) is 0.629. The van der Waals surface area contributed by atoms with Gasteiger partial charge in [-0.25, -0.2) is 4.79 Å². The van der Waals surface area contributed by atoms with Crippen molar-refractivity contribution in [3.05, 3.63) is 47.1 Å². The molecule has 0 aliphatic carbocycles. The molecule has 0 spiro atoms. The summed E-state index contributed by atoms with van der Waals surface area (Å²) in [6.07, 6.45) is 1.05. The first-order valence-electron chi connectivity index (χ1n) is 7.19. The lowest BCUT2D eigenvalue weighted by Gasteiger charge is -2.35. The van der Waals surface area contributed by atoms with Crippen molar-refractivity contribution in [3.63, 3.8) is 0 Å². The van der Waals surface area contributed by atoms with E-state index < -0.39 is 34.7 Å². The van der Waals surface area contributed by atoms with Gasteiger partial charge in [0.15, 0.2) is 0 Å².